The highest BCUT2D eigenvalue weighted by Gasteiger charge is 2.03. The molecule has 0 aliphatic carbocycles. The molecule has 0 atom stereocenters. The molecule has 1 aromatic heterocycles. The number of nitrogens with two attached hydrogens (primary N) is 1. The van der Waals surface area contributed by atoms with Gasteiger partial charge < -0.3 is 10.3 Å². The van der Waals surface area contributed by atoms with Gasteiger partial charge in [-0.1, -0.05) is 30.3 Å². The van der Waals surface area contributed by atoms with Crippen LogP contribution in [0.1, 0.15) is 11.3 Å². The Hall–Kier alpha value is -2.03. The Kier molecular flexibility index (Phi) is 2.77. The molecule has 0 bridgehead atoms. The zero-order valence-electron chi connectivity index (χ0n) is 9.18. The maximum Gasteiger partial charge on any atom is 0.251 e. The third kappa shape index (κ3) is 1.98. The van der Waals surface area contributed by atoms with Crippen LogP contribution in [0.2, 0.25) is 0 Å². The zero-order valence-corrected chi connectivity index (χ0v) is 9.18. The van der Waals surface area contributed by atoms with Crippen molar-refractivity contribution in [1.29, 1.82) is 0 Å². The molecule has 16 heavy (non-hydrogen) atoms. The summed E-state index contributed by atoms with van der Waals surface area (Å²) in [6.45, 7) is 2.43. The smallest absolute Gasteiger partial charge is 0.251 e. The molecule has 1 heterocycles. The predicted molar refractivity (Wildman–Crippen MR) is 65.4 cm³/mol. The first-order valence-electron chi connectivity index (χ1n) is 5.18. The fourth-order valence-electron chi connectivity index (χ4n) is 1.66. The van der Waals surface area contributed by atoms with Crippen molar-refractivity contribution < 1.29 is 0 Å². The Morgan fingerprint density at radius 2 is 1.81 bits per heavy atom. The number of nitrogen functional groups attached to an aromatic ring is 1. The van der Waals surface area contributed by atoms with Gasteiger partial charge in [-0.2, -0.15) is 0 Å². The van der Waals surface area contributed by atoms with Crippen LogP contribution in [0.3, 0.4) is 0 Å². The molecule has 3 nitrogen and oxygen atoms in total. The summed E-state index contributed by atoms with van der Waals surface area (Å²) in [5.41, 5.74) is 8.33. The maximum absolute atomic E-state index is 11.7. The van der Waals surface area contributed by atoms with Crippen molar-refractivity contribution in [3.05, 3.63) is 64.1 Å². The molecule has 3 heteroatoms. The van der Waals surface area contributed by atoms with Gasteiger partial charge in [0.05, 0.1) is 12.2 Å². The van der Waals surface area contributed by atoms with Crippen LogP contribution in [-0.2, 0) is 6.54 Å². The standard InChI is InChI=1S/C13H14N2O/c1-10-12(14)7-8-13(16)15(10)9-11-5-3-2-4-6-11/h2-8H,9,14H2,1H3. The average molecular weight is 214 g/mol. The molecule has 0 unspecified atom stereocenters. The second-order valence-electron chi connectivity index (χ2n) is 3.78. The van der Waals surface area contributed by atoms with Gasteiger partial charge in [0.25, 0.3) is 5.56 Å². The number of anilines is 1. The molecular formula is C13H14N2O. The summed E-state index contributed by atoms with van der Waals surface area (Å²) in [5, 5.41) is 0. The van der Waals surface area contributed by atoms with Crippen LogP contribution in [0.4, 0.5) is 5.69 Å². The van der Waals surface area contributed by atoms with Gasteiger partial charge in [-0.15, -0.1) is 0 Å². The van der Waals surface area contributed by atoms with Crippen LogP contribution in [-0.4, -0.2) is 4.57 Å². The van der Waals surface area contributed by atoms with E-state index in [-0.39, 0.29) is 5.56 Å². The van der Waals surface area contributed by atoms with E-state index in [1.165, 1.54) is 6.07 Å². The first-order valence-corrected chi connectivity index (χ1v) is 5.18. The molecule has 2 rings (SSSR count). The average Bonchev–Trinajstić information content (AvgIpc) is 2.31. The lowest BCUT2D eigenvalue weighted by atomic mass is 10.2. The highest BCUT2D eigenvalue weighted by Crippen LogP contribution is 2.09. The van der Waals surface area contributed by atoms with Gasteiger partial charge in [-0.05, 0) is 18.6 Å². The highest BCUT2D eigenvalue weighted by molar-refractivity contribution is 5.42. The second-order valence-corrected chi connectivity index (χ2v) is 3.78. The lowest BCUT2D eigenvalue weighted by Crippen LogP contribution is -2.22. The number of benzene rings is 1. The van der Waals surface area contributed by atoms with Gasteiger partial charge >= 0.3 is 0 Å². The number of nitrogens with zero attached hydrogens (tertiary/aromatic N) is 1. The zero-order chi connectivity index (χ0) is 11.5. The minimum Gasteiger partial charge on any atom is -0.397 e. The number of hydrogen-bond donors (Lipinski definition) is 1. The molecule has 2 aromatic rings. The van der Waals surface area contributed by atoms with Gasteiger partial charge in [-0.25, -0.2) is 0 Å². The molecule has 1 aromatic carbocycles. The summed E-state index contributed by atoms with van der Waals surface area (Å²) in [5.74, 6) is 0. The minimum atomic E-state index is -0.0180. The predicted octanol–water partition coefficient (Wildman–Crippen LogP) is 1.79. The van der Waals surface area contributed by atoms with E-state index in [9.17, 15) is 4.79 Å². The molecule has 0 radical (unpaired) electrons. The van der Waals surface area contributed by atoms with E-state index < -0.39 is 0 Å². The van der Waals surface area contributed by atoms with Crippen molar-refractivity contribution in [1.82, 2.24) is 4.57 Å². The van der Waals surface area contributed by atoms with Crippen molar-refractivity contribution in [2.24, 2.45) is 0 Å². The number of pyridine rings is 1. The summed E-state index contributed by atoms with van der Waals surface area (Å²) in [4.78, 5) is 11.7. The summed E-state index contributed by atoms with van der Waals surface area (Å²) < 4.78 is 1.69. The molecule has 2 N–H and O–H groups in total. The van der Waals surface area contributed by atoms with E-state index in [2.05, 4.69) is 0 Å². The van der Waals surface area contributed by atoms with Crippen molar-refractivity contribution >= 4 is 5.69 Å². The van der Waals surface area contributed by atoms with E-state index in [4.69, 9.17) is 5.73 Å². The highest BCUT2D eigenvalue weighted by atomic mass is 16.1. The van der Waals surface area contributed by atoms with E-state index >= 15 is 0 Å². The molecule has 0 saturated carbocycles. The van der Waals surface area contributed by atoms with Gasteiger partial charge in [0.1, 0.15) is 0 Å². The van der Waals surface area contributed by atoms with Crippen molar-refractivity contribution in [3.63, 3.8) is 0 Å². The minimum absolute atomic E-state index is 0.0180. The fraction of sp³-hybridized carbons (Fsp3) is 0.154. The van der Waals surface area contributed by atoms with Crippen LogP contribution < -0.4 is 11.3 Å². The molecule has 82 valence electrons. The molecule has 0 spiro atoms. The SMILES string of the molecule is Cc1c(N)ccc(=O)n1Cc1ccccc1. The van der Waals surface area contributed by atoms with Crippen molar-refractivity contribution in [2.45, 2.75) is 13.5 Å². The van der Waals surface area contributed by atoms with Crippen molar-refractivity contribution in [2.75, 3.05) is 5.73 Å². The van der Waals surface area contributed by atoms with Crippen LogP contribution in [0.15, 0.2) is 47.3 Å². The summed E-state index contributed by atoms with van der Waals surface area (Å²) in [6, 6.07) is 13.0. The Bertz CT molecular complexity index is 544. The van der Waals surface area contributed by atoms with E-state index in [0.717, 1.165) is 11.3 Å². The van der Waals surface area contributed by atoms with E-state index in [1.807, 2.05) is 37.3 Å². The lowest BCUT2D eigenvalue weighted by Gasteiger charge is -2.11. The van der Waals surface area contributed by atoms with E-state index in [1.54, 1.807) is 10.6 Å². The Morgan fingerprint density at radius 1 is 1.12 bits per heavy atom. The summed E-state index contributed by atoms with van der Waals surface area (Å²) in [6.07, 6.45) is 0. The normalized spacial score (nSPS) is 10.3. The molecule has 0 amide bonds. The monoisotopic (exact) mass is 214 g/mol. The maximum atomic E-state index is 11.7. The second kappa shape index (κ2) is 4.23. The Morgan fingerprint density at radius 3 is 2.50 bits per heavy atom. The first kappa shape index (κ1) is 10.5. The summed E-state index contributed by atoms with van der Waals surface area (Å²) in [7, 11) is 0. The Labute approximate surface area is 94.1 Å². The molecule has 0 aliphatic heterocycles. The van der Waals surface area contributed by atoms with Gasteiger partial charge in [0.15, 0.2) is 0 Å². The fourth-order valence-corrected chi connectivity index (χ4v) is 1.66. The van der Waals surface area contributed by atoms with Crippen LogP contribution >= 0.6 is 0 Å². The third-order valence-corrected chi connectivity index (χ3v) is 2.68. The molecule has 0 saturated heterocycles. The molecular weight excluding hydrogens is 200 g/mol. The number of rotatable bonds is 2. The topological polar surface area (TPSA) is 48.0 Å². The van der Waals surface area contributed by atoms with Crippen LogP contribution in [0.5, 0.6) is 0 Å². The van der Waals surface area contributed by atoms with Gasteiger partial charge in [0.2, 0.25) is 0 Å². The van der Waals surface area contributed by atoms with Crippen LogP contribution in [0, 0.1) is 6.92 Å². The van der Waals surface area contributed by atoms with Gasteiger partial charge in [0, 0.05) is 11.8 Å². The lowest BCUT2D eigenvalue weighted by molar-refractivity contribution is 0.732. The third-order valence-electron chi connectivity index (χ3n) is 2.68. The van der Waals surface area contributed by atoms with Crippen molar-refractivity contribution in [3.8, 4) is 0 Å². The number of aromatic nitrogens is 1. The number of hydrogen-bond acceptors (Lipinski definition) is 2. The van der Waals surface area contributed by atoms with Gasteiger partial charge in [-0.3, -0.25) is 4.79 Å². The quantitative estimate of drug-likeness (QED) is 0.828. The largest absolute Gasteiger partial charge is 0.397 e. The molecule has 0 aliphatic rings. The summed E-state index contributed by atoms with van der Waals surface area (Å²) >= 11 is 0. The van der Waals surface area contributed by atoms with Crippen LogP contribution in [0.25, 0.3) is 0 Å². The molecule has 0 fully saturated rings. The van der Waals surface area contributed by atoms with E-state index in [0.29, 0.717) is 12.2 Å². The Balaban J connectivity index is 2.43. The first-order chi connectivity index (χ1) is 7.68.